The summed E-state index contributed by atoms with van der Waals surface area (Å²) in [4.78, 5) is 0. The Balaban J connectivity index is 1.98. The van der Waals surface area contributed by atoms with Crippen LogP contribution in [-0.2, 0) is 0 Å². The second-order valence-electron chi connectivity index (χ2n) is 6.29. The van der Waals surface area contributed by atoms with Crippen LogP contribution in [0.5, 0.6) is 0 Å². The van der Waals surface area contributed by atoms with E-state index < -0.39 is 0 Å². The van der Waals surface area contributed by atoms with E-state index in [1.807, 2.05) is 0 Å². The molecule has 13 heavy (non-hydrogen) atoms. The maximum atomic E-state index is 5.98. The molecule has 2 N–H and O–H groups in total. The molecule has 2 aliphatic carbocycles. The molecule has 0 saturated heterocycles. The summed E-state index contributed by atoms with van der Waals surface area (Å²) in [5.74, 6) is 2.90. The van der Waals surface area contributed by atoms with E-state index in [9.17, 15) is 0 Å². The van der Waals surface area contributed by atoms with Gasteiger partial charge >= 0.3 is 0 Å². The van der Waals surface area contributed by atoms with Crippen LogP contribution in [0.25, 0.3) is 0 Å². The molecule has 0 radical (unpaired) electrons. The van der Waals surface area contributed by atoms with Gasteiger partial charge in [-0.05, 0) is 48.9 Å². The first kappa shape index (κ1) is 9.51. The zero-order valence-corrected chi connectivity index (χ0v) is 9.22. The zero-order chi connectivity index (χ0) is 9.64. The van der Waals surface area contributed by atoms with E-state index in [0.29, 0.717) is 11.5 Å². The van der Waals surface area contributed by atoms with Gasteiger partial charge < -0.3 is 5.73 Å². The molecule has 0 spiro atoms. The van der Waals surface area contributed by atoms with Gasteiger partial charge in [0.1, 0.15) is 0 Å². The maximum Gasteiger partial charge on any atom is 0.00443 e. The first-order chi connectivity index (χ1) is 5.97. The van der Waals surface area contributed by atoms with Gasteiger partial charge in [0, 0.05) is 6.04 Å². The fraction of sp³-hybridized carbons (Fsp3) is 1.00. The van der Waals surface area contributed by atoms with E-state index in [1.54, 1.807) is 0 Å². The van der Waals surface area contributed by atoms with Gasteiger partial charge in [-0.1, -0.05) is 20.8 Å². The van der Waals surface area contributed by atoms with Gasteiger partial charge in [-0.15, -0.1) is 0 Å². The van der Waals surface area contributed by atoms with Crippen molar-refractivity contribution in [3.8, 4) is 0 Å². The fourth-order valence-corrected chi connectivity index (χ4v) is 3.37. The van der Waals surface area contributed by atoms with Gasteiger partial charge in [0.05, 0.1) is 0 Å². The molecule has 0 heterocycles. The third-order valence-electron chi connectivity index (χ3n) is 4.28. The Bertz CT molecular complexity index is 178. The molecule has 2 fully saturated rings. The predicted octanol–water partition coefficient (Wildman–Crippen LogP) is 2.80. The molecule has 4 atom stereocenters. The quantitative estimate of drug-likeness (QED) is 0.611. The first-order valence-electron chi connectivity index (χ1n) is 5.72. The molecule has 2 saturated carbocycles. The van der Waals surface area contributed by atoms with Crippen LogP contribution in [0.2, 0.25) is 0 Å². The van der Waals surface area contributed by atoms with Gasteiger partial charge in [-0.3, -0.25) is 0 Å². The summed E-state index contributed by atoms with van der Waals surface area (Å²) in [5.41, 5.74) is 6.50. The van der Waals surface area contributed by atoms with E-state index in [2.05, 4.69) is 20.8 Å². The van der Waals surface area contributed by atoms with E-state index in [4.69, 9.17) is 5.73 Å². The van der Waals surface area contributed by atoms with Crippen molar-refractivity contribution < 1.29 is 0 Å². The molecule has 0 bridgehead atoms. The normalized spacial score (nSPS) is 45.2. The van der Waals surface area contributed by atoms with Crippen LogP contribution in [0, 0.1) is 23.2 Å². The molecule has 1 nitrogen and oxygen atoms in total. The molecule has 0 aromatic carbocycles. The summed E-state index contributed by atoms with van der Waals surface area (Å²) < 4.78 is 0. The van der Waals surface area contributed by atoms with Crippen molar-refractivity contribution in [1.29, 1.82) is 0 Å². The van der Waals surface area contributed by atoms with Crippen LogP contribution in [0.4, 0.5) is 0 Å². The molecule has 0 aliphatic heterocycles. The summed E-state index contributed by atoms with van der Waals surface area (Å²) in [5, 5.41) is 0. The Labute approximate surface area is 82.1 Å². The SMILES string of the molecule is CC(C)(C)C1C[C@H]2CC(N)C[C@H]2C1. The van der Waals surface area contributed by atoms with E-state index >= 15 is 0 Å². The third kappa shape index (κ3) is 1.76. The van der Waals surface area contributed by atoms with E-state index in [1.165, 1.54) is 25.7 Å². The van der Waals surface area contributed by atoms with Crippen LogP contribution in [0.1, 0.15) is 46.5 Å². The van der Waals surface area contributed by atoms with Crippen LogP contribution < -0.4 is 5.73 Å². The standard InChI is InChI=1S/C12H23N/c1-12(2,3)10-4-8-6-11(13)7-9(8)5-10/h8-11H,4-7,13H2,1-3H3/t8-,9+,10?,11?. The molecule has 1 heteroatoms. The molecular formula is C12H23N. The van der Waals surface area contributed by atoms with Crippen LogP contribution >= 0.6 is 0 Å². The minimum absolute atomic E-state index is 0.522. The lowest BCUT2D eigenvalue weighted by molar-refractivity contribution is 0.230. The Morgan fingerprint density at radius 2 is 1.38 bits per heavy atom. The van der Waals surface area contributed by atoms with Crippen LogP contribution in [0.3, 0.4) is 0 Å². The number of nitrogens with two attached hydrogens (primary N) is 1. The van der Waals surface area contributed by atoms with Crippen molar-refractivity contribution in [1.82, 2.24) is 0 Å². The molecule has 2 unspecified atom stereocenters. The van der Waals surface area contributed by atoms with Crippen molar-refractivity contribution in [2.75, 3.05) is 0 Å². The van der Waals surface area contributed by atoms with Gasteiger partial charge in [0.2, 0.25) is 0 Å². The average molecular weight is 181 g/mol. The smallest absolute Gasteiger partial charge is 0.00443 e. The number of rotatable bonds is 0. The Kier molecular flexibility index (Phi) is 2.18. The second kappa shape index (κ2) is 2.98. The van der Waals surface area contributed by atoms with Crippen molar-refractivity contribution in [3.63, 3.8) is 0 Å². The van der Waals surface area contributed by atoms with Crippen molar-refractivity contribution in [2.24, 2.45) is 28.9 Å². The Morgan fingerprint density at radius 3 is 1.77 bits per heavy atom. The highest BCUT2D eigenvalue weighted by Gasteiger charge is 2.43. The minimum atomic E-state index is 0.522. The molecule has 76 valence electrons. The summed E-state index contributed by atoms with van der Waals surface area (Å²) in [6, 6.07) is 0.524. The van der Waals surface area contributed by atoms with Crippen LogP contribution in [-0.4, -0.2) is 6.04 Å². The molecule has 0 amide bonds. The number of fused-ring (bicyclic) bond motifs is 1. The molecule has 2 aliphatic rings. The lowest BCUT2D eigenvalue weighted by Crippen LogP contribution is -2.21. The monoisotopic (exact) mass is 181 g/mol. The van der Waals surface area contributed by atoms with Gasteiger partial charge in [0.25, 0.3) is 0 Å². The van der Waals surface area contributed by atoms with E-state index in [0.717, 1.165) is 17.8 Å². The van der Waals surface area contributed by atoms with E-state index in [-0.39, 0.29) is 0 Å². The van der Waals surface area contributed by atoms with Gasteiger partial charge in [0.15, 0.2) is 0 Å². The lowest BCUT2D eigenvalue weighted by Gasteiger charge is -2.27. The highest BCUT2D eigenvalue weighted by Crippen LogP contribution is 2.51. The average Bonchev–Trinajstić information content (AvgIpc) is 2.40. The van der Waals surface area contributed by atoms with Gasteiger partial charge in [-0.25, -0.2) is 0 Å². The molecule has 0 aromatic rings. The summed E-state index contributed by atoms with van der Waals surface area (Å²) >= 11 is 0. The lowest BCUT2D eigenvalue weighted by atomic mass is 9.78. The highest BCUT2D eigenvalue weighted by molar-refractivity contribution is 4.95. The number of hydrogen-bond acceptors (Lipinski definition) is 1. The second-order valence-corrected chi connectivity index (χ2v) is 6.29. The largest absolute Gasteiger partial charge is 0.328 e. The van der Waals surface area contributed by atoms with Crippen LogP contribution in [0.15, 0.2) is 0 Å². The summed E-state index contributed by atoms with van der Waals surface area (Å²) in [6.07, 6.45) is 5.50. The molecular weight excluding hydrogens is 158 g/mol. The first-order valence-corrected chi connectivity index (χ1v) is 5.72. The topological polar surface area (TPSA) is 26.0 Å². The summed E-state index contributed by atoms with van der Waals surface area (Å²) in [7, 11) is 0. The molecule has 2 rings (SSSR count). The van der Waals surface area contributed by atoms with Crippen molar-refractivity contribution in [2.45, 2.75) is 52.5 Å². The predicted molar refractivity (Wildman–Crippen MR) is 56.4 cm³/mol. The van der Waals surface area contributed by atoms with Gasteiger partial charge in [-0.2, -0.15) is 0 Å². The zero-order valence-electron chi connectivity index (χ0n) is 9.22. The highest BCUT2D eigenvalue weighted by atomic mass is 14.7. The van der Waals surface area contributed by atoms with Crippen molar-refractivity contribution in [3.05, 3.63) is 0 Å². The Hall–Kier alpha value is -0.0400. The molecule has 0 aromatic heterocycles. The third-order valence-corrected chi connectivity index (χ3v) is 4.28. The fourth-order valence-electron chi connectivity index (χ4n) is 3.37. The number of hydrogen-bond donors (Lipinski definition) is 1. The maximum absolute atomic E-state index is 5.98. The van der Waals surface area contributed by atoms with Crippen molar-refractivity contribution >= 4 is 0 Å². The minimum Gasteiger partial charge on any atom is -0.328 e. The Morgan fingerprint density at radius 1 is 0.923 bits per heavy atom. The summed E-state index contributed by atoms with van der Waals surface area (Å²) in [6.45, 7) is 7.16.